The van der Waals surface area contributed by atoms with Crippen molar-refractivity contribution < 1.29 is 19.4 Å². The van der Waals surface area contributed by atoms with Crippen molar-refractivity contribution in [1.29, 1.82) is 0 Å². The third-order valence-electron chi connectivity index (χ3n) is 4.56. The van der Waals surface area contributed by atoms with Gasteiger partial charge in [0.2, 0.25) is 0 Å². The van der Waals surface area contributed by atoms with Crippen LogP contribution in [0.4, 0.5) is 0 Å². The van der Waals surface area contributed by atoms with Crippen LogP contribution in [0.3, 0.4) is 0 Å². The maximum atomic E-state index is 11.6. The molecule has 1 N–H and O–H groups in total. The Morgan fingerprint density at radius 2 is 2.08 bits per heavy atom. The fourth-order valence-corrected chi connectivity index (χ4v) is 3.14. The number of hydrogen-bond donors (Lipinski definition) is 1. The van der Waals surface area contributed by atoms with Gasteiger partial charge in [-0.15, -0.1) is 0 Å². The molecule has 0 saturated heterocycles. The van der Waals surface area contributed by atoms with Gasteiger partial charge in [0, 0.05) is 11.0 Å². The topological polar surface area (TPSA) is 81.5 Å². The minimum absolute atomic E-state index is 0.248. The molecule has 1 aromatic carbocycles. The fourth-order valence-electron chi connectivity index (χ4n) is 3.14. The molecule has 0 spiro atoms. The summed E-state index contributed by atoms with van der Waals surface area (Å²) in [6, 6.07) is 7.50. The number of carbonyl (C=O) groups is 1. The van der Waals surface area contributed by atoms with Crippen LogP contribution in [-0.2, 0) is 10.2 Å². The SMILES string of the molecule is COc1ccccc1C1(COc2cnc(C)nc2C)CC1C(=O)O. The number of para-hydroxylation sites is 1. The van der Waals surface area contributed by atoms with E-state index in [1.807, 2.05) is 38.1 Å². The molecule has 0 amide bonds. The van der Waals surface area contributed by atoms with E-state index < -0.39 is 17.3 Å². The summed E-state index contributed by atoms with van der Waals surface area (Å²) >= 11 is 0. The average Bonchev–Trinajstić information content (AvgIpc) is 3.30. The summed E-state index contributed by atoms with van der Waals surface area (Å²) in [5.74, 6) is 0.628. The molecule has 1 aromatic heterocycles. The molecule has 2 unspecified atom stereocenters. The van der Waals surface area contributed by atoms with Gasteiger partial charge < -0.3 is 14.6 Å². The normalized spacial score (nSPS) is 22.0. The minimum Gasteiger partial charge on any atom is -0.496 e. The second-order valence-electron chi connectivity index (χ2n) is 6.11. The first-order valence-corrected chi connectivity index (χ1v) is 7.77. The van der Waals surface area contributed by atoms with Gasteiger partial charge in [0.25, 0.3) is 0 Å². The van der Waals surface area contributed by atoms with Crippen LogP contribution in [0.1, 0.15) is 23.5 Å². The number of aromatic nitrogens is 2. The Bertz CT molecular complexity index is 777. The van der Waals surface area contributed by atoms with Gasteiger partial charge in [-0.25, -0.2) is 9.97 Å². The number of carboxylic acids is 1. The Labute approximate surface area is 140 Å². The van der Waals surface area contributed by atoms with Crippen LogP contribution in [0.15, 0.2) is 30.5 Å². The minimum atomic E-state index is -0.818. The number of methoxy groups -OCH3 is 1. The predicted octanol–water partition coefficient (Wildman–Crippen LogP) is 2.52. The number of ether oxygens (including phenoxy) is 2. The maximum absolute atomic E-state index is 11.6. The molecule has 0 bridgehead atoms. The van der Waals surface area contributed by atoms with Crippen LogP contribution in [0.2, 0.25) is 0 Å². The lowest BCUT2D eigenvalue weighted by Gasteiger charge is -2.21. The number of aliphatic carboxylic acids is 1. The Morgan fingerprint density at radius 1 is 1.33 bits per heavy atom. The lowest BCUT2D eigenvalue weighted by molar-refractivity contribution is -0.139. The Kier molecular flexibility index (Phi) is 4.13. The maximum Gasteiger partial charge on any atom is 0.307 e. The second-order valence-corrected chi connectivity index (χ2v) is 6.11. The van der Waals surface area contributed by atoms with Crippen LogP contribution in [0.25, 0.3) is 0 Å². The number of carboxylic acid groups (broad SMARTS) is 1. The molecule has 3 rings (SSSR count). The molecule has 1 saturated carbocycles. The van der Waals surface area contributed by atoms with E-state index in [-0.39, 0.29) is 6.61 Å². The lowest BCUT2D eigenvalue weighted by atomic mass is 9.93. The highest BCUT2D eigenvalue weighted by Gasteiger charge is 2.61. The van der Waals surface area contributed by atoms with Crippen molar-refractivity contribution in [2.45, 2.75) is 25.7 Å². The summed E-state index contributed by atoms with van der Waals surface area (Å²) in [4.78, 5) is 20.0. The highest BCUT2D eigenvalue weighted by Crippen LogP contribution is 2.57. The number of nitrogens with zero attached hydrogens (tertiary/aromatic N) is 2. The molecule has 2 aromatic rings. The molecule has 1 aliphatic rings. The summed E-state index contributed by atoms with van der Waals surface area (Å²) in [6.45, 7) is 3.91. The summed E-state index contributed by atoms with van der Waals surface area (Å²) < 4.78 is 11.3. The average molecular weight is 328 g/mol. The molecule has 1 heterocycles. The summed E-state index contributed by atoms with van der Waals surface area (Å²) in [6.07, 6.45) is 2.15. The quantitative estimate of drug-likeness (QED) is 0.877. The molecule has 1 fully saturated rings. The molecule has 6 nitrogen and oxygen atoms in total. The van der Waals surface area contributed by atoms with E-state index in [9.17, 15) is 9.90 Å². The molecule has 2 atom stereocenters. The second kappa shape index (κ2) is 6.11. The third kappa shape index (κ3) is 2.79. The summed E-state index contributed by atoms with van der Waals surface area (Å²) in [7, 11) is 1.59. The van der Waals surface area contributed by atoms with Gasteiger partial charge in [0.1, 0.15) is 11.6 Å². The fraction of sp³-hybridized carbons (Fsp3) is 0.389. The first-order chi connectivity index (χ1) is 11.5. The van der Waals surface area contributed by atoms with E-state index in [1.54, 1.807) is 13.3 Å². The zero-order valence-electron chi connectivity index (χ0n) is 13.9. The molecule has 126 valence electrons. The van der Waals surface area contributed by atoms with Crippen molar-refractivity contribution in [3.63, 3.8) is 0 Å². The van der Waals surface area contributed by atoms with Crippen LogP contribution in [0, 0.1) is 19.8 Å². The van der Waals surface area contributed by atoms with E-state index in [4.69, 9.17) is 9.47 Å². The summed E-state index contributed by atoms with van der Waals surface area (Å²) in [5.41, 5.74) is 1.02. The number of aryl methyl sites for hydroxylation is 2. The largest absolute Gasteiger partial charge is 0.496 e. The molecule has 0 radical (unpaired) electrons. The molecular formula is C18H20N2O4. The standard InChI is InChI=1S/C18H20N2O4/c1-11-16(9-19-12(2)20-11)24-10-18(8-14(18)17(21)22)13-6-4-5-7-15(13)23-3/h4-7,9,14H,8,10H2,1-3H3,(H,21,22). The van der Waals surface area contributed by atoms with Crippen molar-refractivity contribution in [1.82, 2.24) is 9.97 Å². The van der Waals surface area contributed by atoms with Crippen LogP contribution in [-0.4, -0.2) is 34.8 Å². The Morgan fingerprint density at radius 3 is 2.71 bits per heavy atom. The smallest absolute Gasteiger partial charge is 0.307 e. The highest BCUT2D eigenvalue weighted by molar-refractivity contribution is 5.78. The summed E-state index contributed by atoms with van der Waals surface area (Å²) in [5, 5.41) is 9.48. The molecule has 1 aliphatic carbocycles. The van der Waals surface area contributed by atoms with Gasteiger partial charge in [0.05, 0.1) is 31.5 Å². The monoisotopic (exact) mass is 328 g/mol. The first-order valence-electron chi connectivity index (χ1n) is 7.77. The lowest BCUT2D eigenvalue weighted by Crippen LogP contribution is -2.24. The highest BCUT2D eigenvalue weighted by atomic mass is 16.5. The molecule has 6 heteroatoms. The molecule has 0 aliphatic heterocycles. The van der Waals surface area contributed by atoms with Gasteiger partial charge in [-0.1, -0.05) is 18.2 Å². The number of benzene rings is 1. The van der Waals surface area contributed by atoms with E-state index in [2.05, 4.69) is 9.97 Å². The molecular weight excluding hydrogens is 308 g/mol. The van der Waals surface area contributed by atoms with Crippen molar-refractivity contribution in [2.75, 3.05) is 13.7 Å². The van der Waals surface area contributed by atoms with Gasteiger partial charge >= 0.3 is 5.97 Å². The van der Waals surface area contributed by atoms with Crippen molar-refractivity contribution in [2.24, 2.45) is 5.92 Å². The van der Waals surface area contributed by atoms with E-state index in [0.717, 1.165) is 11.3 Å². The van der Waals surface area contributed by atoms with Crippen molar-refractivity contribution in [3.05, 3.63) is 47.5 Å². The third-order valence-corrected chi connectivity index (χ3v) is 4.56. The zero-order chi connectivity index (χ0) is 17.3. The van der Waals surface area contributed by atoms with Gasteiger partial charge in [0.15, 0.2) is 5.75 Å². The van der Waals surface area contributed by atoms with Gasteiger partial charge in [-0.05, 0) is 26.3 Å². The molecule has 24 heavy (non-hydrogen) atoms. The van der Waals surface area contributed by atoms with Gasteiger partial charge in [-0.3, -0.25) is 4.79 Å². The van der Waals surface area contributed by atoms with Crippen LogP contribution < -0.4 is 9.47 Å². The predicted molar refractivity (Wildman–Crippen MR) is 87.4 cm³/mol. The number of hydrogen-bond acceptors (Lipinski definition) is 5. The van der Waals surface area contributed by atoms with Crippen LogP contribution in [0.5, 0.6) is 11.5 Å². The number of rotatable bonds is 6. The first kappa shape index (κ1) is 16.2. The Hall–Kier alpha value is -2.63. The van der Waals surface area contributed by atoms with E-state index in [1.165, 1.54) is 0 Å². The zero-order valence-corrected chi connectivity index (χ0v) is 13.9. The van der Waals surface area contributed by atoms with Crippen LogP contribution >= 0.6 is 0 Å². The van der Waals surface area contributed by atoms with Crippen molar-refractivity contribution >= 4 is 5.97 Å². The van der Waals surface area contributed by atoms with Gasteiger partial charge in [-0.2, -0.15) is 0 Å². The van der Waals surface area contributed by atoms with Crippen molar-refractivity contribution in [3.8, 4) is 11.5 Å². The van der Waals surface area contributed by atoms with E-state index >= 15 is 0 Å². The van der Waals surface area contributed by atoms with E-state index in [0.29, 0.717) is 23.7 Å². The Balaban J connectivity index is 1.89.